The molecule has 0 radical (unpaired) electrons. The smallest absolute Gasteiger partial charge is 0.222 e. The molecule has 0 saturated heterocycles. The molecule has 1 aliphatic carbocycles. The topological polar surface area (TPSA) is 55.1 Å². The van der Waals surface area contributed by atoms with Crippen molar-refractivity contribution < 1.29 is 4.79 Å². The molecule has 88 valence electrons. The predicted molar refractivity (Wildman–Crippen MR) is 62.3 cm³/mol. The standard InChI is InChI=1S/C12H24N2O/c1-7(2)8(15)14-10-11(3,4)9(13)12(10,5)6/h7,9-10H,13H2,1-6H3,(H,14,15). The molecule has 0 spiro atoms. The highest BCUT2D eigenvalue weighted by Crippen LogP contribution is 2.52. The Labute approximate surface area is 92.8 Å². The summed E-state index contributed by atoms with van der Waals surface area (Å²) in [6, 6.07) is 0.317. The minimum absolute atomic E-state index is 0.00590. The van der Waals surface area contributed by atoms with Crippen molar-refractivity contribution in [2.24, 2.45) is 22.5 Å². The van der Waals surface area contributed by atoms with Gasteiger partial charge in [0, 0.05) is 28.8 Å². The van der Waals surface area contributed by atoms with Gasteiger partial charge in [-0.1, -0.05) is 41.5 Å². The van der Waals surface area contributed by atoms with E-state index < -0.39 is 0 Å². The van der Waals surface area contributed by atoms with Crippen LogP contribution >= 0.6 is 0 Å². The fraction of sp³-hybridized carbons (Fsp3) is 0.917. The number of carbonyl (C=O) groups excluding carboxylic acids is 1. The van der Waals surface area contributed by atoms with Gasteiger partial charge in [-0.3, -0.25) is 4.79 Å². The van der Waals surface area contributed by atoms with Gasteiger partial charge in [0.1, 0.15) is 0 Å². The van der Waals surface area contributed by atoms with Gasteiger partial charge in [0.15, 0.2) is 0 Å². The van der Waals surface area contributed by atoms with E-state index in [2.05, 4.69) is 33.0 Å². The molecule has 1 saturated carbocycles. The van der Waals surface area contributed by atoms with Crippen molar-refractivity contribution in [3.05, 3.63) is 0 Å². The van der Waals surface area contributed by atoms with Gasteiger partial charge < -0.3 is 11.1 Å². The summed E-state index contributed by atoms with van der Waals surface area (Å²) in [4.78, 5) is 11.7. The van der Waals surface area contributed by atoms with Gasteiger partial charge in [-0.25, -0.2) is 0 Å². The number of nitrogens with one attached hydrogen (secondary N) is 1. The maximum absolute atomic E-state index is 11.7. The minimum atomic E-state index is -0.00590. The third kappa shape index (κ3) is 1.78. The highest BCUT2D eigenvalue weighted by molar-refractivity contribution is 5.78. The first kappa shape index (κ1) is 12.5. The lowest BCUT2D eigenvalue weighted by molar-refractivity contribution is -0.135. The molecule has 1 fully saturated rings. The number of hydrogen-bond acceptors (Lipinski definition) is 2. The zero-order chi connectivity index (χ0) is 12.0. The van der Waals surface area contributed by atoms with Crippen molar-refractivity contribution in [1.82, 2.24) is 5.32 Å². The molecule has 15 heavy (non-hydrogen) atoms. The van der Waals surface area contributed by atoms with E-state index in [1.807, 2.05) is 13.8 Å². The van der Waals surface area contributed by atoms with Crippen LogP contribution in [0.1, 0.15) is 41.5 Å². The second-order valence-electron chi connectivity index (χ2n) is 6.22. The molecule has 0 atom stereocenters. The summed E-state index contributed by atoms with van der Waals surface area (Å²) in [7, 11) is 0. The molecule has 0 unspecified atom stereocenters. The molecule has 0 bridgehead atoms. The third-order valence-electron chi connectivity index (χ3n) is 3.90. The SMILES string of the molecule is CC(C)C(=O)NC1C(C)(C)C(N)C1(C)C. The summed E-state index contributed by atoms with van der Waals surface area (Å²) in [5.74, 6) is 0.154. The summed E-state index contributed by atoms with van der Waals surface area (Å²) >= 11 is 0. The van der Waals surface area contributed by atoms with Crippen LogP contribution in [0.25, 0.3) is 0 Å². The first-order valence-corrected chi connectivity index (χ1v) is 5.67. The van der Waals surface area contributed by atoms with Gasteiger partial charge in [0.25, 0.3) is 0 Å². The predicted octanol–water partition coefficient (Wildman–Crippen LogP) is 1.52. The average molecular weight is 212 g/mol. The monoisotopic (exact) mass is 212 g/mol. The maximum atomic E-state index is 11.7. The maximum Gasteiger partial charge on any atom is 0.222 e. The Balaban J connectivity index is 2.74. The fourth-order valence-corrected chi connectivity index (χ4v) is 2.86. The van der Waals surface area contributed by atoms with Crippen LogP contribution in [0.4, 0.5) is 0 Å². The van der Waals surface area contributed by atoms with Crippen LogP contribution in [0.2, 0.25) is 0 Å². The Morgan fingerprint density at radius 2 is 1.60 bits per heavy atom. The first-order chi connectivity index (χ1) is 6.61. The molecule has 3 heteroatoms. The number of amides is 1. The summed E-state index contributed by atoms with van der Waals surface area (Å²) < 4.78 is 0. The molecule has 3 N–H and O–H groups in total. The summed E-state index contributed by atoms with van der Waals surface area (Å²) in [6.07, 6.45) is 0. The van der Waals surface area contributed by atoms with E-state index in [0.717, 1.165) is 0 Å². The molecule has 0 aromatic carbocycles. The zero-order valence-corrected chi connectivity index (χ0v) is 10.7. The molecule has 1 amide bonds. The Bertz CT molecular complexity index is 253. The summed E-state index contributed by atoms with van der Waals surface area (Å²) in [6.45, 7) is 12.3. The van der Waals surface area contributed by atoms with E-state index in [1.54, 1.807) is 0 Å². The molecule has 3 nitrogen and oxygen atoms in total. The van der Waals surface area contributed by atoms with Gasteiger partial charge >= 0.3 is 0 Å². The molecular weight excluding hydrogens is 188 g/mol. The number of nitrogens with two attached hydrogens (primary N) is 1. The van der Waals surface area contributed by atoms with Gasteiger partial charge in [-0.05, 0) is 0 Å². The van der Waals surface area contributed by atoms with Crippen LogP contribution in [0.3, 0.4) is 0 Å². The Morgan fingerprint density at radius 3 is 1.93 bits per heavy atom. The van der Waals surface area contributed by atoms with Crippen molar-refractivity contribution in [3.63, 3.8) is 0 Å². The van der Waals surface area contributed by atoms with Crippen LogP contribution in [-0.4, -0.2) is 18.0 Å². The number of carbonyl (C=O) groups is 1. The van der Waals surface area contributed by atoms with Gasteiger partial charge in [-0.15, -0.1) is 0 Å². The normalized spacial score (nSPS) is 32.3. The van der Waals surface area contributed by atoms with Crippen LogP contribution in [-0.2, 0) is 4.79 Å². The first-order valence-electron chi connectivity index (χ1n) is 5.67. The lowest BCUT2D eigenvalue weighted by atomic mass is 9.48. The quantitative estimate of drug-likeness (QED) is 0.729. The second-order valence-corrected chi connectivity index (χ2v) is 6.22. The summed E-state index contributed by atoms with van der Waals surface area (Å²) in [5, 5.41) is 3.11. The summed E-state index contributed by atoms with van der Waals surface area (Å²) in [5.41, 5.74) is 6.11. The van der Waals surface area contributed by atoms with Crippen molar-refractivity contribution in [2.75, 3.05) is 0 Å². The fourth-order valence-electron chi connectivity index (χ4n) is 2.86. The van der Waals surface area contributed by atoms with Gasteiger partial charge in [0.05, 0.1) is 0 Å². The van der Waals surface area contributed by atoms with Gasteiger partial charge in [0.2, 0.25) is 5.91 Å². The van der Waals surface area contributed by atoms with Crippen molar-refractivity contribution in [3.8, 4) is 0 Å². The Hall–Kier alpha value is -0.570. The molecular formula is C12H24N2O. The van der Waals surface area contributed by atoms with Crippen LogP contribution in [0.5, 0.6) is 0 Å². The Morgan fingerprint density at radius 1 is 1.20 bits per heavy atom. The third-order valence-corrected chi connectivity index (χ3v) is 3.90. The highest BCUT2D eigenvalue weighted by Gasteiger charge is 2.60. The average Bonchev–Trinajstić information content (AvgIpc) is 2.11. The molecule has 0 aromatic rings. The van der Waals surface area contributed by atoms with Crippen LogP contribution in [0, 0.1) is 16.7 Å². The van der Waals surface area contributed by atoms with E-state index in [1.165, 1.54) is 0 Å². The molecule has 0 aliphatic heterocycles. The lowest BCUT2D eigenvalue weighted by Crippen LogP contribution is -2.76. The van der Waals surface area contributed by atoms with E-state index in [0.29, 0.717) is 0 Å². The van der Waals surface area contributed by atoms with E-state index in [9.17, 15) is 4.79 Å². The van der Waals surface area contributed by atoms with Crippen molar-refractivity contribution in [2.45, 2.75) is 53.6 Å². The molecule has 1 rings (SSSR count). The largest absolute Gasteiger partial charge is 0.352 e. The zero-order valence-electron chi connectivity index (χ0n) is 10.7. The van der Waals surface area contributed by atoms with Crippen LogP contribution < -0.4 is 11.1 Å². The van der Waals surface area contributed by atoms with E-state index in [4.69, 9.17) is 5.73 Å². The van der Waals surface area contributed by atoms with Crippen molar-refractivity contribution in [1.29, 1.82) is 0 Å². The molecule has 1 aliphatic rings. The second kappa shape index (κ2) is 3.48. The molecule has 0 heterocycles. The van der Waals surface area contributed by atoms with E-state index >= 15 is 0 Å². The van der Waals surface area contributed by atoms with Gasteiger partial charge in [-0.2, -0.15) is 0 Å². The van der Waals surface area contributed by atoms with E-state index in [-0.39, 0.29) is 34.7 Å². The highest BCUT2D eigenvalue weighted by atomic mass is 16.1. The minimum Gasteiger partial charge on any atom is -0.352 e. The molecule has 0 aromatic heterocycles. The van der Waals surface area contributed by atoms with Crippen molar-refractivity contribution >= 4 is 5.91 Å². The lowest BCUT2D eigenvalue weighted by Gasteiger charge is -2.63. The Kier molecular flexibility index (Phi) is 2.90. The van der Waals surface area contributed by atoms with Crippen LogP contribution in [0.15, 0.2) is 0 Å². The number of hydrogen-bond donors (Lipinski definition) is 2. The number of rotatable bonds is 2.